The quantitative estimate of drug-likeness (QED) is 0.665. The van der Waals surface area contributed by atoms with Crippen molar-refractivity contribution in [1.82, 2.24) is 10.6 Å². The predicted molar refractivity (Wildman–Crippen MR) is 53.4 cm³/mol. The van der Waals surface area contributed by atoms with Gasteiger partial charge in [0.15, 0.2) is 0 Å². The molecule has 2 atom stereocenters. The normalized spacial score (nSPS) is 29.5. The van der Waals surface area contributed by atoms with Crippen molar-refractivity contribution in [1.29, 1.82) is 0 Å². The SMILES string of the molecule is CC(C)C1NCC(=O)NC1C(C)C. The number of rotatable bonds is 2. The zero-order valence-corrected chi connectivity index (χ0v) is 8.92. The van der Waals surface area contributed by atoms with Crippen LogP contribution in [0.4, 0.5) is 0 Å². The van der Waals surface area contributed by atoms with Gasteiger partial charge in [-0.2, -0.15) is 0 Å². The third kappa shape index (κ3) is 2.44. The van der Waals surface area contributed by atoms with Crippen molar-refractivity contribution in [2.45, 2.75) is 39.8 Å². The van der Waals surface area contributed by atoms with Crippen molar-refractivity contribution < 1.29 is 4.79 Å². The van der Waals surface area contributed by atoms with Gasteiger partial charge in [-0.1, -0.05) is 27.7 Å². The summed E-state index contributed by atoms with van der Waals surface area (Å²) in [6.45, 7) is 9.13. The first kappa shape index (κ1) is 10.5. The van der Waals surface area contributed by atoms with Crippen LogP contribution in [0.25, 0.3) is 0 Å². The fourth-order valence-electron chi connectivity index (χ4n) is 1.90. The van der Waals surface area contributed by atoms with Crippen LogP contribution >= 0.6 is 0 Å². The van der Waals surface area contributed by atoms with E-state index in [4.69, 9.17) is 0 Å². The smallest absolute Gasteiger partial charge is 0.234 e. The van der Waals surface area contributed by atoms with Gasteiger partial charge < -0.3 is 10.6 Å². The second-order valence-corrected chi connectivity index (χ2v) is 4.49. The maximum atomic E-state index is 11.2. The van der Waals surface area contributed by atoms with E-state index in [1.54, 1.807) is 0 Å². The van der Waals surface area contributed by atoms with Crippen molar-refractivity contribution >= 4 is 5.91 Å². The molecule has 13 heavy (non-hydrogen) atoms. The fourth-order valence-corrected chi connectivity index (χ4v) is 1.90. The number of amides is 1. The van der Waals surface area contributed by atoms with E-state index >= 15 is 0 Å². The van der Waals surface area contributed by atoms with Gasteiger partial charge in [-0.05, 0) is 11.8 Å². The average Bonchev–Trinajstić information content (AvgIpc) is 2.03. The molecule has 0 aromatic carbocycles. The zero-order valence-electron chi connectivity index (χ0n) is 8.92. The minimum atomic E-state index is 0.121. The number of carbonyl (C=O) groups is 1. The Morgan fingerprint density at radius 3 is 2.15 bits per heavy atom. The summed E-state index contributed by atoms with van der Waals surface area (Å²) < 4.78 is 0. The van der Waals surface area contributed by atoms with Gasteiger partial charge in [0.2, 0.25) is 5.91 Å². The van der Waals surface area contributed by atoms with Gasteiger partial charge >= 0.3 is 0 Å². The molecule has 3 heteroatoms. The summed E-state index contributed by atoms with van der Waals surface area (Å²) in [5.41, 5.74) is 0. The third-order valence-corrected chi connectivity index (χ3v) is 2.65. The first-order valence-electron chi connectivity index (χ1n) is 5.05. The Labute approximate surface area is 80.3 Å². The Balaban J connectivity index is 2.66. The highest BCUT2D eigenvalue weighted by atomic mass is 16.2. The van der Waals surface area contributed by atoms with Crippen molar-refractivity contribution in [2.24, 2.45) is 11.8 Å². The van der Waals surface area contributed by atoms with Gasteiger partial charge in [-0.25, -0.2) is 0 Å². The Bertz CT molecular complexity index is 189. The van der Waals surface area contributed by atoms with E-state index in [0.29, 0.717) is 24.4 Å². The van der Waals surface area contributed by atoms with Gasteiger partial charge in [-0.3, -0.25) is 4.79 Å². The summed E-state index contributed by atoms with van der Waals surface area (Å²) in [4.78, 5) is 11.2. The van der Waals surface area contributed by atoms with Gasteiger partial charge in [0.25, 0.3) is 0 Å². The van der Waals surface area contributed by atoms with Crippen LogP contribution in [0.3, 0.4) is 0 Å². The molecule has 0 radical (unpaired) electrons. The summed E-state index contributed by atoms with van der Waals surface area (Å²) in [6.07, 6.45) is 0. The number of hydrogen-bond acceptors (Lipinski definition) is 2. The third-order valence-electron chi connectivity index (χ3n) is 2.65. The molecule has 0 aromatic rings. The lowest BCUT2D eigenvalue weighted by molar-refractivity contribution is -0.123. The highest BCUT2D eigenvalue weighted by Crippen LogP contribution is 2.15. The Hall–Kier alpha value is -0.570. The minimum absolute atomic E-state index is 0.121. The van der Waals surface area contributed by atoms with Crippen LogP contribution in [0.1, 0.15) is 27.7 Å². The number of piperazine rings is 1. The largest absolute Gasteiger partial charge is 0.350 e. The summed E-state index contributed by atoms with van der Waals surface area (Å²) in [5, 5.41) is 6.33. The van der Waals surface area contributed by atoms with Crippen molar-refractivity contribution in [3.63, 3.8) is 0 Å². The van der Waals surface area contributed by atoms with Crippen molar-refractivity contribution in [2.75, 3.05) is 6.54 Å². The molecule has 0 aromatic heterocycles. The summed E-state index contributed by atoms with van der Waals surface area (Å²) >= 11 is 0. The summed E-state index contributed by atoms with van der Waals surface area (Å²) in [7, 11) is 0. The molecule has 3 nitrogen and oxygen atoms in total. The van der Waals surface area contributed by atoms with E-state index < -0.39 is 0 Å². The van der Waals surface area contributed by atoms with Crippen LogP contribution in [-0.2, 0) is 4.79 Å². The highest BCUT2D eigenvalue weighted by Gasteiger charge is 2.31. The van der Waals surface area contributed by atoms with Crippen LogP contribution in [0.5, 0.6) is 0 Å². The van der Waals surface area contributed by atoms with E-state index in [2.05, 4.69) is 38.3 Å². The molecule has 1 saturated heterocycles. The average molecular weight is 184 g/mol. The highest BCUT2D eigenvalue weighted by molar-refractivity contribution is 5.79. The molecule has 0 bridgehead atoms. The van der Waals surface area contributed by atoms with Crippen LogP contribution in [0.2, 0.25) is 0 Å². The molecule has 1 amide bonds. The van der Waals surface area contributed by atoms with Gasteiger partial charge in [-0.15, -0.1) is 0 Å². The van der Waals surface area contributed by atoms with Gasteiger partial charge in [0.05, 0.1) is 6.54 Å². The molecule has 1 fully saturated rings. The van der Waals surface area contributed by atoms with E-state index in [1.807, 2.05) is 0 Å². The topological polar surface area (TPSA) is 41.1 Å². The lowest BCUT2D eigenvalue weighted by Crippen LogP contribution is -2.62. The molecule has 0 aliphatic carbocycles. The fraction of sp³-hybridized carbons (Fsp3) is 0.900. The second-order valence-electron chi connectivity index (χ2n) is 4.49. The van der Waals surface area contributed by atoms with Gasteiger partial charge in [0.1, 0.15) is 0 Å². The first-order valence-corrected chi connectivity index (χ1v) is 5.05. The monoisotopic (exact) mass is 184 g/mol. The maximum Gasteiger partial charge on any atom is 0.234 e. The lowest BCUT2D eigenvalue weighted by Gasteiger charge is -2.38. The Morgan fingerprint density at radius 2 is 1.69 bits per heavy atom. The molecular weight excluding hydrogens is 164 g/mol. The molecule has 0 spiro atoms. The standard InChI is InChI=1S/C10H20N2O/c1-6(2)9-10(7(3)4)12-8(13)5-11-9/h6-7,9-11H,5H2,1-4H3,(H,12,13). The molecule has 1 heterocycles. The van der Waals surface area contributed by atoms with E-state index in [0.717, 1.165) is 0 Å². The first-order chi connectivity index (χ1) is 6.02. The molecule has 0 saturated carbocycles. The number of hydrogen-bond donors (Lipinski definition) is 2. The molecule has 1 aliphatic heterocycles. The van der Waals surface area contributed by atoms with Crippen LogP contribution < -0.4 is 10.6 Å². The van der Waals surface area contributed by atoms with E-state index in [9.17, 15) is 4.79 Å². The van der Waals surface area contributed by atoms with Crippen molar-refractivity contribution in [3.05, 3.63) is 0 Å². The number of carbonyl (C=O) groups excluding carboxylic acids is 1. The molecule has 1 rings (SSSR count). The second kappa shape index (κ2) is 4.09. The predicted octanol–water partition coefficient (Wildman–Crippen LogP) is 0.755. The lowest BCUT2D eigenvalue weighted by atomic mass is 9.87. The summed E-state index contributed by atoms with van der Waals surface area (Å²) in [6, 6.07) is 0.693. The van der Waals surface area contributed by atoms with Crippen LogP contribution in [0.15, 0.2) is 0 Å². The summed E-state index contributed by atoms with van der Waals surface area (Å²) in [5.74, 6) is 1.17. The van der Waals surface area contributed by atoms with Crippen molar-refractivity contribution in [3.8, 4) is 0 Å². The minimum Gasteiger partial charge on any atom is -0.350 e. The van der Waals surface area contributed by atoms with Crippen LogP contribution in [0, 0.1) is 11.8 Å². The molecular formula is C10H20N2O. The van der Waals surface area contributed by atoms with E-state index in [1.165, 1.54) is 0 Å². The van der Waals surface area contributed by atoms with Crippen LogP contribution in [-0.4, -0.2) is 24.5 Å². The maximum absolute atomic E-state index is 11.2. The Morgan fingerprint density at radius 1 is 1.15 bits per heavy atom. The zero-order chi connectivity index (χ0) is 10.0. The number of nitrogens with one attached hydrogen (secondary N) is 2. The Kier molecular flexibility index (Phi) is 3.31. The van der Waals surface area contributed by atoms with E-state index in [-0.39, 0.29) is 11.9 Å². The molecule has 2 N–H and O–H groups in total. The molecule has 2 unspecified atom stereocenters. The van der Waals surface area contributed by atoms with Gasteiger partial charge in [0, 0.05) is 12.1 Å². The molecule has 76 valence electrons. The molecule has 1 aliphatic rings.